The van der Waals surface area contributed by atoms with Crippen LogP contribution >= 0.6 is 0 Å². The van der Waals surface area contributed by atoms with Crippen molar-refractivity contribution in [3.63, 3.8) is 0 Å². The standard InChI is InChI=1S/C29H35NO5/c1-21(23-13-9-6-10-14-23)30(18-22-11-7-5-8-12-22)25-19-33-20-29(25,27(32)35-28(2,3)4)17-24-15-16-34-26(24)31/h5-15,21,25H,16-20H2,1-4H3/t21-,25-,29+/m0/s1. The van der Waals surface area contributed by atoms with Gasteiger partial charge in [-0.2, -0.15) is 0 Å². The van der Waals surface area contributed by atoms with Gasteiger partial charge >= 0.3 is 11.9 Å². The van der Waals surface area contributed by atoms with Gasteiger partial charge in [-0.3, -0.25) is 9.69 Å². The summed E-state index contributed by atoms with van der Waals surface area (Å²) in [6.45, 7) is 9.15. The van der Waals surface area contributed by atoms with E-state index >= 15 is 0 Å². The predicted molar refractivity (Wildman–Crippen MR) is 133 cm³/mol. The Bertz CT molecular complexity index is 1060. The number of carbonyl (C=O) groups is 2. The quantitative estimate of drug-likeness (QED) is 0.507. The molecule has 6 nitrogen and oxygen atoms in total. The van der Waals surface area contributed by atoms with E-state index in [1.807, 2.05) is 57.2 Å². The van der Waals surface area contributed by atoms with Gasteiger partial charge in [-0.1, -0.05) is 60.7 Å². The number of benzene rings is 2. The van der Waals surface area contributed by atoms with Crippen LogP contribution in [-0.2, 0) is 30.3 Å². The smallest absolute Gasteiger partial charge is 0.334 e. The number of nitrogens with zero attached hydrogens (tertiary/aromatic N) is 1. The van der Waals surface area contributed by atoms with Crippen LogP contribution in [0.4, 0.5) is 0 Å². The van der Waals surface area contributed by atoms with Gasteiger partial charge in [0.25, 0.3) is 0 Å². The molecule has 0 unspecified atom stereocenters. The number of cyclic esters (lactones) is 1. The topological polar surface area (TPSA) is 65.1 Å². The van der Waals surface area contributed by atoms with Gasteiger partial charge in [0, 0.05) is 18.2 Å². The van der Waals surface area contributed by atoms with Crippen LogP contribution in [0.15, 0.2) is 72.3 Å². The normalized spacial score (nSPS) is 23.2. The number of carbonyl (C=O) groups excluding carboxylic acids is 2. The van der Waals surface area contributed by atoms with Crippen molar-refractivity contribution in [1.29, 1.82) is 0 Å². The van der Waals surface area contributed by atoms with Crippen LogP contribution < -0.4 is 0 Å². The molecule has 1 saturated heterocycles. The van der Waals surface area contributed by atoms with E-state index in [-0.39, 0.29) is 43.7 Å². The highest BCUT2D eigenvalue weighted by molar-refractivity contribution is 5.92. The van der Waals surface area contributed by atoms with Gasteiger partial charge in [-0.05, 0) is 51.3 Å². The van der Waals surface area contributed by atoms with E-state index in [9.17, 15) is 9.59 Å². The number of ether oxygens (including phenoxy) is 3. The van der Waals surface area contributed by atoms with Crippen LogP contribution in [0.3, 0.4) is 0 Å². The van der Waals surface area contributed by atoms with Crippen LogP contribution in [0, 0.1) is 5.41 Å². The molecule has 2 aliphatic heterocycles. The number of rotatable bonds is 8. The minimum Gasteiger partial charge on any atom is -0.459 e. The Labute approximate surface area is 207 Å². The summed E-state index contributed by atoms with van der Waals surface area (Å²) in [5, 5.41) is 0. The second kappa shape index (κ2) is 10.3. The first-order valence-electron chi connectivity index (χ1n) is 12.2. The van der Waals surface area contributed by atoms with Crippen molar-refractivity contribution in [3.8, 4) is 0 Å². The van der Waals surface area contributed by atoms with E-state index in [4.69, 9.17) is 14.2 Å². The molecule has 4 rings (SSSR count). The third kappa shape index (κ3) is 5.65. The second-order valence-corrected chi connectivity index (χ2v) is 10.4. The summed E-state index contributed by atoms with van der Waals surface area (Å²) < 4.78 is 17.2. The summed E-state index contributed by atoms with van der Waals surface area (Å²) in [6.07, 6.45) is 1.99. The SMILES string of the molecule is C[C@@H](c1ccccc1)N(Cc1ccccc1)[C@H]1COC[C@@]1(CC1=CCOC1=O)C(=O)OC(C)(C)C. The summed E-state index contributed by atoms with van der Waals surface area (Å²) >= 11 is 0. The molecule has 1 fully saturated rings. The minimum absolute atomic E-state index is 0.00516. The highest BCUT2D eigenvalue weighted by atomic mass is 16.6. The van der Waals surface area contributed by atoms with Crippen LogP contribution in [-0.4, -0.2) is 48.3 Å². The lowest BCUT2D eigenvalue weighted by Crippen LogP contribution is -2.54. The second-order valence-electron chi connectivity index (χ2n) is 10.4. The van der Waals surface area contributed by atoms with E-state index in [0.29, 0.717) is 18.7 Å². The van der Waals surface area contributed by atoms with Crippen molar-refractivity contribution in [2.24, 2.45) is 5.41 Å². The zero-order valence-electron chi connectivity index (χ0n) is 21.0. The van der Waals surface area contributed by atoms with Gasteiger partial charge < -0.3 is 14.2 Å². The molecule has 3 atom stereocenters. The highest BCUT2D eigenvalue weighted by Crippen LogP contribution is 2.44. The maximum atomic E-state index is 13.9. The fourth-order valence-corrected chi connectivity index (χ4v) is 4.95. The van der Waals surface area contributed by atoms with Gasteiger partial charge in [0.2, 0.25) is 0 Å². The molecular weight excluding hydrogens is 442 g/mol. The molecule has 2 aliphatic rings. The van der Waals surface area contributed by atoms with E-state index in [2.05, 4.69) is 36.1 Å². The lowest BCUT2D eigenvalue weighted by molar-refractivity contribution is -0.171. The minimum atomic E-state index is -1.04. The molecule has 0 amide bonds. The molecule has 35 heavy (non-hydrogen) atoms. The van der Waals surface area contributed by atoms with Crippen molar-refractivity contribution in [1.82, 2.24) is 4.90 Å². The van der Waals surface area contributed by atoms with Crippen molar-refractivity contribution >= 4 is 11.9 Å². The van der Waals surface area contributed by atoms with E-state index in [1.54, 1.807) is 6.08 Å². The van der Waals surface area contributed by atoms with Crippen molar-refractivity contribution < 1.29 is 23.8 Å². The molecule has 2 heterocycles. The van der Waals surface area contributed by atoms with Crippen molar-refractivity contribution in [2.75, 3.05) is 19.8 Å². The molecule has 0 bridgehead atoms. The number of hydrogen-bond acceptors (Lipinski definition) is 6. The first-order chi connectivity index (χ1) is 16.7. The molecule has 0 spiro atoms. The fraction of sp³-hybridized carbons (Fsp3) is 0.448. The van der Waals surface area contributed by atoms with E-state index in [1.165, 1.54) is 0 Å². The van der Waals surface area contributed by atoms with Crippen molar-refractivity contribution in [3.05, 3.63) is 83.4 Å². The van der Waals surface area contributed by atoms with Gasteiger partial charge in [0.1, 0.15) is 17.6 Å². The molecule has 0 saturated carbocycles. The Hall–Kier alpha value is -2.96. The Balaban J connectivity index is 1.77. The summed E-state index contributed by atoms with van der Waals surface area (Å²) in [5.74, 6) is -0.712. The third-order valence-corrected chi connectivity index (χ3v) is 6.78. The van der Waals surface area contributed by atoms with Gasteiger partial charge in [0.05, 0.1) is 19.3 Å². The monoisotopic (exact) mass is 477 g/mol. The molecule has 0 aliphatic carbocycles. The number of esters is 2. The summed E-state index contributed by atoms with van der Waals surface area (Å²) in [6, 6.07) is 20.2. The van der Waals surface area contributed by atoms with Crippen molar-refractivity contribution in [2.45, 2.75) is 58.3 Å². The molecular formula is C29H35NO5. The number of hydrogen-bond donors (Lipinski definition) is 0. The largest absolute Gasteiger partial charge is 0.459 e. The lowest BCUT2D eigenvalue weighted by atomic mass is 9.75. The average Bonchev–Trinajstić information content (AvgIpc) is 3.44. The highest BCUT2D eigenvalue weighted by Gasteiger charge is 2.56. The average molecular weight is 478 g/mol. The maximum Gasteiger partial charge on any atom is 0.334 e. The van der Waals surface area contributed by atoms with E-state index in [0.717, 1.165) is 11.1 Å². The first kappa shape index (κ1) is 25.1. The fourth-order valence-electron chi connectivity index (χ4n) is 4.95. The molecule has 186 valence electrons. The Kier molecular flexibility index (Phi) is 7.43. The molecule has 0 radical (unpaired) electrons. The Morgan fingerprint density at radius 2 is 1.77 bits per heavy atom. The van der Waals surface area contributed by atoms with Gasteiger partial charge in [-0.15, -0.1) is 0 Å². The predicted octanol–water partition coefficient (Wildman–Crippen LogP) is 4.85. The molecule has 2 aromatic rings. The maximum absolute atomic E-state index is 13.9. The molecule has 2 aromatic carbocycles. The summed E-state index contributed by atoms with van der Waals surface area (Å²) in [7, 11) is 0. The zero-order chi connectivity index (χ0) is 25.1. The van der Waals surface area contributed by atoms with Gasteiger partial charge in [0.15, 0.2) is 0 Å². The van der Waals surface area contributed by atoms with Gasteiger partial charge in [-0.25, -0.2) is 4.79 Å². The van der Waals surface area contributed by atoms with E-state index < -0.39 is 11.0 Å². The van der Waals surface area contributed by atoms with Crippen LogP contribution in [0.25, 0.3) is 0 Å². The molecule has 0 N–H and O–H groups in total. The Morgan fingerprint density at radius 3 is 2.37 bits per heavy atom. The van der Waals surface area contributed by atoms with Crippen LogP contribution in [0.5, 0.6) is 0 Å². The zero-order valence-corrected chi connectivity index (χ0v) is 21.0. The van der Waals surface area contributed by atoms with Crippen LogP contribution in [0.1, 0.15) is 51.3 Å². The summed E-state index contributed by atoms with van der Waals surface area (Å²) in [5.41, 5.74) is 1.09. The first-order valence-corrected chi connectivity index (χ1v) is 12.2. The summed E-state index contributed by atoms with van der Waals surface area (Å²) in [4.78, 5) is 28.7. The third-order valence-electron chi connectivity index (χ3n) is 6.78. The van der Waals surface area contributed by atoms with Crippen LogP contribution in [0.2, 0.25) is 0 Å². The Morgan fingerprint density at radius 1 is 1.11 bits per heavy atom. The molecule has 6 heteroatoms. The lowest BCUT2D eigenvalue weighted by Gasteiger charge is -2.43. The molecule has 0 aromatic heterocycles.